The van der Waals surface area contributed by atoms with E-state index >= 15 is 0 Å². The number of alkyl halides is 1. The molecule has 0 aliphatic carbocycles. The smallest absolute Gasteiger partial charge is 0.229 e. The average molecular weight is 512 g/mol. The molecule has 0 fully saturated rings. The van der Waals surface area contributed by atoms with E-state index in [9.17, 15) is 9.59 Å². The molecule has 1 atom stereocenters. The van der Waals surface area contributed by atoms with Crippen molar-refractivity contribution in [2.24, 2.45) is 16.7 Å². The number of amides is 1. The normalized spacial score (nSPS) is 12.4. The second-order valence-electron chi connectivity index (χ2n) is 7.77. The zero-order valence-corrected chi connectivity index (χ0v) is 20.8. The molecular weight excluding hydrogens is 478 g/mol. The first kappa shape index (κ1) is 28.8. The number of hydrogen-bond donors (Lipinski definition) is 1. The summed E-state index contributed by atoms with van der Waals surface area (Å²) in [6, 6.07) is 0. The minimum absolute atomic E-state index is 0. The van der Waals surface area contributed by atoms with Gasteiger partial charge in [0, 0.05) is 44.7 Å². The Morgan fingerprint density at radius 3 is 1.91 bits per heavy atom. The van der Waals surface area contributed by atoms with E-state index in [0.29, 0.717) is 4.43 Å². The van der Waals surface area contributed by atoms with Crippen LogP contribution in [-0.4, -0.2) is 22.7 Å². The Morgan fingerprint density at radius 1 is 1.13 bits per heavy atom. The van der Waals surface area contributed by atoms with Crippen molar-refractivity contribution in [2.75, 3.05) is 11.0 Å². The van der Waals surface area contributed by atoms with Gasteiger partial charge in [0.2, 0.25) is 5.91 Å². The minimum Gasteiger partial charge on any atom is -0.356 e. The molecule has 23 heavy (non-hydrogen) atoms. The van der Waals surface area contributed by atoms with Crippen LogP contribution in [0.15, 0.2) is 0 Å². The first-order chi connectivity index (χ1) is 9.85. The van der Waals surface area contributed by atoms with Crippen LogP contribution < -0.4 is 5.32 Å². The molecule has 3 nitrogen and oxygen atoms in total. The monoisotopic (exact) mass is 512 g/mol. The van der Waals surface area contributed by atoms with Gasteiger partial charge in [-0.2, -0.15) is 6.42 Å². The van der Waals surface area contributed by atoms with E-state index in [0.717, 1.165) is 25.8 Å². The van der Waals surface area contributed by atoms with Crippen molar-refractivity contribution in [3.8, 4) is 0 Å². The van der Waals surface area contributed by atoms with Crippen LogP contribution in [0.5, 0.6) is 0 Å². The largest absolute Gasteiger partial charge is 0.356 e. The Balaban J connectivity index is -0.000000354. The Kier molecular flexibility index (Phi) is 17.7. The number of hydrogen-bond acceptors (Lipinski definition) is 2. The van der Waals surface area contributed by atoms with Crippen LogP contribution in [0.3, 0.4) is 0 Å². The van der Waals surface area contributed by atoms with E-state index in [1.807, 2.05) is 43.4 Å². The first-order valence-electron chi connectivity index (χ1n) is 7.84. The van der Waals surface area contributed by atoms with Crippen LogP contribution in [0.2, 0.25) is 0 Å². The molecule has 1 N–H and O–H groups in total. The Hall–Kier alpha value is 0.974. The average Bonchev–Trinajstić information content (AvgIpc) is 2.35. The summed E-state index contributed by atoms with van der Waals surface area (Å²) in [6.45, 7) is 20.6. The summed E-state index contributed by atoms with van der Waals surface area (Å²) in [7, 11) is 0. The molecule has 0 aromatic rings. The number of halogens is 1. The molecule has 0 saturated carbocycles. The molecule has 1 amide bonds. The fraction of sp³-hybridized carbons (Fsp3) is 0.778. The number of carbonyl (C=O) groups is 2. The van der Waals surface area contributed by atoms with Crippen molar-refractivity contribution in [3.05, 3.63) is 13.8 Å². The van der Waals surface area contributed by atoms with Crippen molar-refractivity contribution >= 4 is 34.3 Å². The third kappa shape index (κ3) is 19.1. The number of nitrogens with one attached hydrogen (secondary N) is 1. The second-order valence-corrected chi connectivity index (χ2v) is 8.53. The van der Waals surface area contributed by atoms with Gasteiger partial charge in [-0.3, -0.25) is 4.79 Å². The molecule has 0 aromatic carbocycles. The quantitative estimate of drug-likeness (QED) is 0.244. The van der Waals surface area contributed by atoms with Gasteiger partial charge >= 0.3 is 0 Å². The van der Waals surface area contributed by atoms with Crippen LogP contribution in [-0.2, 0) is 42.3 Å². The molecular formula is C18H34INO2Y-2. The Morgan fingerprint density at radius 2 is 1.61 bits per heavy atom. The van der Waals surface area contributed by atoms with E-state index in [1.54, 1.807) is 0 Å². The summed E-state index contributed by atoms with van der Waals surface area (Å²) in [4.78, 5) is 22.3. The van der Waals surface area contributed by atoms with Gasteiger partial charge in [0.1, 0.15) is 5.78 Å². The van der Waals surface area contributed by atoms with E-state index in [4.69, 9.17) is 0 Å². The Bertz CT molecular complexity index is 333. The van der Waals surface area contributed by atoms with Gasteiger partial charge in [-0.1, -0.05) is 77.0 Å². The van der Waals surface area contributed by atoms with Crippen molar-refractivity contribution < 1.29 is 42.3 Å². The van der Waals surface area contributed by atoms with E-state index in [1.165, 1.54) is 0 Å². The van der Waals surface area contributed by atoms with E-state index in [2.05, 4.69) is 39.9 Å². The second kappa shape index (κ2) is 14.2. The predicted molar refractivity (Wildman–Crippen MR) is 104 cm³/mol. The molecule has 0 spiro atoms. The van der Waals surface area contributed by atoms with Crippen LogP contribution in [0, 0.1) is 30.6 Å². The van der Waals surface area contributed by atoms with Crippen molar-refractivity contribution in [1.82, 2.24) is 5.32 Å². The third-order valence-electron chi connectivity index (χ3n) is 2.84. The fourth-order valence-corrected chi connectivity index (χ4v) is 2.11. The molecule has 0 heterocycles. The number of rotatable bonds is 6. The summed E-state index contributed by atoms with van der Waals surface area (Å²) in [6.07, 6.45) is 2.73. The van der Waals surface area contributed by atoms with Crippen molar-refractivity contribution in [1.29, 1.82) is 0 Å². The SMILES string of the molecule is [CH2-]C(CC(C)(C)C)C(=O)C(C)(C)C.[CH2-]CCCNC(=O)CI.[Y]. The van der Waals surface area contributed by atoms with Crippen LogP contribution in [0.4, 0.5) is 0 Å². The van der Waals surface area contributed by atoms with Crippen molar-refractivity contribution in [3.63, 3.8) is 0 Å². The molecule has 0 aliphatic heterocycles. The van der Waals surface area contributed by atoms with Gasteiger partial charge in [0.05, 0.1) is 4.43 Å². The standard InChI is InChI=1S/C12H23O.C6H11INO.Y/c1-9(8-11(2,3)4)10(13)12(5,6)7;1-2-3-4-8-6(9)5-7;/h9H,1,8H2,2-7H3;1-5H2,(H,8,9);/q2*-1;. The summed E-state index contributed by atoms with van der Waals surface area (Å²) in [5, 5.41) is 2.75. The zero-order valence-electron chi connectivity index (χ0n) is 15.8. The van der Waals surface area contributed by atoms with Gasteiger partial charge in [-0.05, 0) is 5.41 Å². The number of carbonyl (C=O) groups excluding carboxylic acids is 2. The predicted octanol–water partition coefficient (Wildman–Crippen LogP) is 4.64. The van der Waals surface area contributed by atoms with E-state index in [-0.39, 0.29) is 61.1 Å². The molecule has 0 rings (SSSR count). The van der Waals surface area contributed by atoms with E-state index < -0.39 is 0 Å². The molecule has 1 radical (unpaired) electrons. The number of ketones is 1. The number of Topliss-reactive ketones (excluding diaryl/α,β-unsaturated/α-hetero) is 1. The van der Waals surface area contributed by atoms with Gasteiger partial charge < -0.3 is 24.0 Å². The molecule has 0 bridgehead atoms. The maximum absolute atomic E-state index is 11.8. The van der Waals surface area contributed by atoms with Crippen LogP contribution in [0.1, 0.15) is 60.8 Å². The van der Waals surface area contributed by atoms with Gasteiger partial charge in [0.25, 0.3) is 0 Å². The maximum Gasteiger partial charge on any atom is 0.229 e. The van der Waals surface area contributed by atoms with Gasteiger partial charge in [0.15, 0.2) is 0 Å². The maximum atomic E-state index is 11.8. The summed E-state index contributed by atoms with van der Waals surface area (Å²) in [5.41, 5.74) is -0.0645. The summed E-state index contributed by atoms with van der Waals surface area (Å²) >= 11 is 2.04. The first-order valence-corrected chi connectivity index (χ1v) is 9.37. The minimum atomic E-state index is -0.252. The number of unbranched alkanes of at least 4 members (excludes halogenated alkanes) is 1. The molecule has 0 aliphatic rings. The summed E-state index contributed by atoms with van der Waals surface area (Å²) < 4.78 is 0.550. The third-order valence-corrected chi connectivity index (χ3v) is 3.53. The molecule has 0 aromatic heterocycles. The molecule has 1 unspecified atom stereocenters. The van der Waals surface area contributed by atoms with Gasteiger partial charge in [-0.15, -0.1) is 5.92 Å². The zero-order chi connectivity index (χ0) is 18.0. The molecule has 0 saturated heterocycles. The molecule has 135 valence electrons. The fourth-order valence-electron chi connectivity index (χ4n) is 1.84. The topological polar surface area (TPSA) is 46.2 Å². The Labute approximate surface area is 182 Å². The molecule has 5 heteroatoms. The van der Waals surface area contributed by atoms with Crippen molar-refractivity contribution in [2.45, 2.75) is 60.8 Å². The van der Waals surface area contributed by atoms with Crippen LogP contribution >= 0.6 is 22.6 Å². The van der Waals surface area contributed by atoms with Gasteiger partial charge in [-0.25, -0.2) is 0 Å². The van der Waals surface area contributed by atoms with Crippen LogP contribution in [0.25, 0.3) is 0 Å². The summed E-state index contributed by atoms with van der Waals surface area (Å²) in [5.74, 6) is 0.312.